The van der Waals surface area contributed by atoms with E-state index in [1.54, 1.807) is 0 Å². The fourth-order valence-corrected chi connectivity index (χ4v) is 2.39. The number of ether oxygens (including phenoxy) is 1. The van der Waals surface area contributed by atoms with Gasteiger partial charge < -0.3 is 10.1 Å². The number of nitrogens with one attached hydrogen (secondary N) is 1. The highest BCUT2D eigenvalue weighted by molar-refractivity contribution is 6.32. The first-order valence-electron chi connectivity index (χ1n) is 6.67. The molecular weight excluding hydrogens is 293 g/mol. The third-order valence-electron chi connectivity index (χ3n) is 3.28. The number of halogens is 2. The number of rotatable bonds is 5. The largest absolute Gasteiger partial charge is 0.455 e. The number of benzene rings is 2. The van der Waals surface area contributed by atoms with Gasteiger partial charge in [0.05, 0.1) is 5.02 Å². The predicted octanol–water partition coefficient (Wildman–Crippen LogP) is 5.04. The van der Waals surface area contributed by atoms with Crippen LogP contribution in [0, 0.1) is 0 Å². The molecule has 0 aliphatic heterocycles. The number of hydrogen-bond acceptors (Lipinski definition) is 2. The lowest BCUT2D eigenvalue weighted by molar-refractivity contribution is 0.473. The van der Waals surface area contributed by atoms with Crippen molar-refractivity contribution >= 4 is 23.2 Å². The van der Waals surface area contributed by atoms with Gasteiger partial charge in [0, 0.05) is 23.2 Å². The molecule has 1 N–H and O–H groups in total. The van der Waals surface area contributed by atoms with Crippen LogP contribution in [-0.4, -0.2) is 6.04 Å². The van der Waals surface area contributed by atoms with Gasteiger partial charge in [-0.1, -0.05) is 41.4 Å². The second-order valence-electron chi connectivity index (χ2n) is 4.90. The SMILES string of the molecule is Clc1ccccc1Oc1cccc(Cl)c1CNC1CC1. The second-order valence-corrected chi connectivity index (χ2v) is 5.72. The topological polar surface area (TPSA) is 21.3 Å². The van der Waals surface area contributed by atoms with E-state index in [2.05, 4.69) is 5.32 Å². The summed E-state index contributed by atoms with van der Waals surface area (Å²) in [6, 6.07) is 13.7. The van der Waals surface area contributed by atoms with Crippen molar-refractivity contribution < 1.29 is 4.74 Å². The zero-order chi connectivity index (χ0) is 13.9. The van der Waals surface area contributed by atoms with Crippen LogP contribution in [0.4, 0.5) is 0 Å². The van der Waals surface area contributed by atoms with Crippen LogP contribution in [0.25, 0.3) is 0 Å². The molecule has 0 amide bonds. The third kappa shape index (κ3) is 3.26. The molecule has 1 aliphatic rings. The maximum atomic E-state index is 6.29. The standard InChI is InChI=1S/C16H15Cl2NO/c17-13-5-3-7-15(12(13)10-19-11-8-9-11)20-16-6-2-1-4-14(16)18/h1-7,11,19H,8-10H2. The van der Waals surface area contributed by atoms with E-state index in [-0.39, 0.29) is 0 Å². The molecule has 2 aromatic carbocycles. The van der Waals surface area contributed by atoms with E-state index in [1.807, 2.05) is 42.5 Å². The van der Waals surface area contributed by atoms with Gasteiger partial charge in [0.25, 0.3) is 0 Å². The first kappa shape index (κ1) is 13.7. The molecule has 2 aromatic rings. The summed E-state index contributed by atoms with van der Waals surface area (Å²) in [5, 5.41) is 4.76. The lowest BCUT2D eigenvalue weighted by Gasteiger charge is -2.14. The molecule has 0 heterocycles. The van der Waals surface area contributed by atoms with Crippen molar-refractivity contribution in [3.63, 3.8) is 0 Å². The summed E-state index contributed by atoms with van der Waals surface area (Å²) >= 11 is 12.4. The number of para-hydroxylation sites is 1. The fraction of sp³-hybridized carbons (Fsp3) is 0.250. The second kappa shape index (κ2) is 6.04. The molecule has 0 bridgehead atoms. The summed E-state index contributed by atoms with van der Waals surface area (Å²) in [6.45, 7) is 0.712. The van der Waals surface area contributed by atoms with E-state index in [9.17, 15) is 0 Å². The lowest BCUT2D eigenvalue weighted by atomic mass is 10.2. The summed E-state index contributed by atoms with van der Waals surface area (Å²) in [7, 11) is 0. The molecule has 0 radical (unpaired) electrons. The van der Waals surface area contributed by atoms with Crippen LogP contribution >= 0.6 is 23.2 Å². The molecular formula is C16H15Cl2NO. The van der Waals surface area contributed by atoms with E-state index in [4.69, 9.17) is 27.9 Å². The highest BCUT2D eigenvalue weighted by atomic mass is 35.5. The monoisotopic (exact) mass is 307 g/mol. The molecule has 1 fully saturated rings. The molecule has 4 heteroatoms. The predicted molar refractivity (Wildman–Crippen MR) is 82.8 cm³/mol. The Morgan fingerprint density at radius 3 is 2.40 bits per heavy atom. The normalized spacial score (nSPS) is 14.3. The molecule has 3 rings (SSSR count). The van der Waals surface area contributed by atoms with Crippen LogP contribution in [-0.2, 0) is 6.54 Å². The summed E-state index contributed by atoms with van der Waals surface area (Å²) in [5.74, 6) is 1.39. The molecule has 0 aromatic heterocycles. The Morgan fingerprint density at radius 1 is 0.950 bits per heavy atom. The van der Waals surface area contributed by atoms with Gasteiger partial charge in [-0.3, -0.25) is 0 Å². The molecule has 0 atom stereocenters. The van der Waals surface area contributed by atoms with Crippen molar-refractivity contribution in [2.75, 3.05) is 0 Å². The smallest absolute Gasteiger partial charge is 0.146 e. The van der Waals surface area contributed by atoms with Gasteiger partial charge >= 0.3 is 0 Å². The fourth-order valence-electron chi connectivity index (χ4n) is 1.99. The van der Waals surface area contributed by atoms with Gasteiger partial charge in [0.15, 0.2) is 0 Å². The Balaban J connectivity index is 1.84. The molecule has 0 spiro atoms. The highest BCUT2D eigenvalue weighted by Gasteiger charge is 2.21. The molecule has 1 saturated carbocycles. The zero-order valence-electron chi connectivity index (χ0n) is 10.9. The zero-order valence-corrected chi connectivity index (χ0v) is 12.4. The Kier molecular flexibility index (Phi) is 4.16. The summed E-state index contributed by atoms with van der Waals surface area (Å²) in [6.07, 6.45) is 2.48. The maximum Gasteiger partial charge on any atom is 0.146 e. The van der Waals surface area contributed by atoms with E-state index in [0.717, 1.165) is 11.3 Å². The first-order valence-corrected chi connectivity index (χ1v) is 7.43. The van der Waals surface area contributed by atoms with Gasteiger partial charge in [-0.05, 0) is 37.1 Å². The van der Waals surface area contributed by atoms with Gasteiger partial charge in [-0.25, -0.2) is 0 Å². The van der Waals surface area contributed by atoms with Gasteiger partial charge in [0.2, 0.25) is 0 Å². The van der Waals surface area contributed by atoms with Crippen LogP contribution < -0.4 is 10.1 Å². The van der Waals surface area contributed by atoms with Crippen LogP contribution in [0.3, 0.4) is 0 Å². The maximum absolute atomic E-state index is 6.29. The van der Waals surface area contributed by atoms with Crippen LogP contribution in [0.1, 0.15) is 18.4 Å². The van der Waals surface area contributed by atoms with Crippen molar-refractivity contribution in [2.24, 2.45) is 0 Å². The summed E-state index contributed by atoms with van der Waals surface area (Å²) in [5.41, 5.74) is 0.973. The van der Waals surface area contributed by atoms with Crippen molar-refractivity contribution in [1.29, 1.82) is 0 Å². The average Bonchev–Trinajstić information content (AvgIpc) is 3.25. The Morgan fingerprint density at radius 2 is 1.65 bits per heavy atom. The van der Waals surface area contributed by atoms with E-state index in [0.29, 0.717) is 28.4 Å². The van der Waals surface area contributed by atoms with Gasteiger partial charge in [-0.2, -0.15) is 0 Å². The van der Waals surface area contributed by atoms with Gasteiger partial charge in [0.1, 0.15) is 11.5 Å². The highest BCUT2D eigenvalue weighted by Crippen LogP contribution is 2.34. The quantitative estimate of drug-likeness (QED) is 0.835. The van der Waals surface area contributed by atoms with Crippen molar-refractivity contribution in [3.05, 3.63) is 58.1 Å². The minimum atomic E-state index is 0.591. The Labute approximate surface area is 128 Å². The van der Waals surface area contributed by atoms with Crippen molar-refractivity contribution in [1.82, 2.24) is 5.32 Å². The summed E-state index contributed by atoms with van der Waals surface area (Å²) in [4.78, 5) is 0. The molecule has 20 heavy (non-hydrogen) atoms. The molecule has 0 unspecified atom stereocenters. The van der Waals surface area contributed by atoms with Crippen LogP contribution in [0.5, 0.6) is 11.5 Å². The molecule has 1 aliphatic carbocycles. The van der Waals surface area contributed by atoms with Crippen LogP contribution in [0.15, 0.2) is 42.5 Å². The molecule has 104 valence electrons. The Bertz CT molecular complexity index is 611. The van der Waals surface area contributed by atoms with E-state index >= 15 is 0 Å². The van der Waals surface area contributed by atoms with E-state index < -0.39 is 0 Å². The van der Waals surface area contributed by atoms with Crippen LogP contribution in [0.2, 0.25) is 10.0 Å². The summed E-state index contributed by atoms with van der Waals surface area (Å²) < 4.78 is 5.92. The molecule has 2 nitrogen and oxygen atoms in total. The van der Waals surface area contributed by atoms with Crippen molar-refractivity contribution in [2.45, 2.75) is 25.4 Å². The van der Waals surface area contributed by atoms with E-state index in [1.165, 1.54) is 12.8 Å². The first-order chi connectivity index (χ1) is 9.74. The Hall–Kier alpha value is -1.22. The minimum Gasteiger partial charge on any atom is -0.455 e. The minimum absolute atomic E-state index is 0.591. The van der Waals surface area contributed by atoms with Gasteiger partial charge in [-0.15, -0.1) is 0 Å². The molecule has 0 saturated heterocycles. The van der Waals surface area contributed by atoms with Crippen molar-refractivity contribution in [3.8, 4) is 11.5 Å². The number of hydrogen-bond donors (Lipinski definition) is 1. The average molecular weight is 308 g/mol. The third-order valence-corrected chi connectivity index (χ3v) is 3.94. The lowest BCUT2D eigenvalue weighted by Crippen LogP contribution is -2.16.